The third-order valence-electron chi connectivity index (χ3n) is 4.36. The number of alkyl halides is 3. The van der Waals surface area contributed by atoms with E-state index < -0.39 is 11.7 Å². The summed E-state index contributed by atoms with van der Waals surface area (Å²) in [7, 11) is 1.88. The van der Waals surface area contributed by atoms with Crippen molar-refractivity contribution in [3.05, 3.63) is 35.4 Å². The zero-order valence-electron chi connectivity index (χ0n) is 13.9. The summed E-state index contributed by atoms with van der Waals surface area (Å²) in [6, 6.07) is 5.53. The summed E-state index contributed by atoms with van der Waals surface area (Å²) >= 11 is 0. The molecule has 0 spiro atoms. The van der Waals surface area contributed by atoms with Crippen LogP contribution in [0.25, 0.3) is 0 Å². The maximum absolute atomic E-state index is 12.8. The zero-order valence-corrected chi connectivity index (χ0v) is 14.7. The number of rotatable bonds is 4. The molecule has 136 valence electrons. The molecule has 1 aromatic rings. The first-order chi connectivity index (χ1) is 10.8. The molecule has 0 saturated carbocycles. The molecule has 0 aliphatic carbocycles. The molecule has 1 fully saturated rings. The highest BCUT2D eigenvalue weighted by atomic mass is 35.5. The molecule has 3 nitrogen and oxygen atoms in total. The van der Waals surface area contributed by atoms with Gasteiger partial charge in [-0.3, -0.25) is 4.79 Å². The average molecular weight is 365 g/mol. The summed E-state index contributed by atoms with van der Waals surface area (Å²) in [5.74, 6) is -0.309. The SMILES string of the molecule is CNC1CCCN(C(=O)C(C)Cc2cccc(C(F)(F)F)c2)C1.Cl. The lowest BCUT2D eigenvalue weighted by atomic mass is 9.96. The van der Waals surface area contributed by atoms with Crippen molar-refractivity contribution in [2.24, 2.45) is 5.92 Å². The van der Waals surface area contributed by atoms with Gasteiger partial charge >= 0.3 is 6.18 Å². The van der Waals surface area contributed by atoms with E-state index >= 15 is 0 Å². The lowest BCUT2D eigenvalue weighted by Gasteiger charge is -2.34. The molecule has 1 amide bonds. The summed E-state index contributed by atoms with van der Waals surface area (Å²) in [5.41, 5.74) is -0.120. The molecule has 2 unspecified atom stereocenters. The molecule has 2 rings (SSSR count). The summed E-state index contributed by atoms with van der Waals surface area (Å²) in [4.78, 5) is 14.3. The van der Waals surface area contributed by atoms with Crippen LogP contribution >= 0.6 is 12.4 Å². The fourth-order valence-corrected chi connectivity index (χ4v) is 3.04. The van der Waals surface area contributed by atoms with Crippen LogP contribution in [-0.2, 0) is 17.4 Å². The molecule has 0 radical (unpaired) electrons. The molecule has 24 heavy (non-hydrogen) atoms. The summed E-state index contributed by atoms with van der Waals surface area (Å²) < 4.78 is 38.3. The summed E-state index contributed by atoms with van der Waals surface area (Å²) in [6.45, 7) is 3.18. The number of benzene rings is 1. The van der Waals surface area contributed by atoms with Gasteiger partial charge in [0.15, 0.2) is 0 Å². The normalized spacial score (nSPS) is 19.5. The first kappa shape index (κ1) is 20.8. The molecular weight excluding hydrogens is 341 g/mol. The number of hydrogen-bond donors (Lipinski definition) is 1. The van der Waals surface area contributed by atoms with Gasteiger partial charge in [-0.2, -0.15) is 13.2 Å². The summed E-state index contributed by atoms with van der Waals surface area (Å²) in [5, 5.41) is 3.18. The largest absolute Gasteiger partial charge is 0.416 e. The standard InChI is InChI=1S/C17H23F3N2O.ClH/c1-12(16(23)22-8-4-7-15(11-22)21-2)9-13-5-3-6-14(10-13)17(18,19)20;/h3,5-6,10,12,15,21H,4,7-9,11H2,1-2H3;1H. The molecule has 1 aliphatic rings. The lowest BCUT2D eigenvalue weighted by Crippen LogP contribution is -2.48. The maximum atomic E-state index is 12.8. The van der Waals surface area contributed by atoms with Gasteiger partial charge in [0.1, 0.15) is 0 Å². The van der Waals surface area contributed by atoms with Crippen molar-refractivity contribution < 1.29 is 18.0 Å². The predicted octanol–water partition coefficient (Wildman–Crippen LogP) is 3.52. The number of carbonyl (C=O) groups is 1. The van der Waals surface area contributed by atoms with Crippen molar-refractivity contribution in [3.8, 4) is 0 Å². The second-order valence-corrected chi connectivity index (χ2v) is 6.22. The zero-order chi connectivity index (χ0) is 17.0. The minimum absolute atomic E-state index is 0. The van der Waals surface area contributed by atoms with Crippen LogP contribution in [-0.4, -0.2) is 37.0 Å². The van der Waals surface area contributed by atoms with E-state index in [1.165, 1.54) is 6.07 Å². The van der Waals surface area contributed by atoms with E-state index in [1.54, 1.807) is 13.0 Å². The summed E-state index contributed by atoms with van der Waals surface area (Å²) in [6.07, 6.45) is -2.03. The number of amides is 1. The van der Waals surface area contributed by atoms with Gasteiger partial charge in [0.25, 0.3) is 0 Å². The number of likely N-dealkylation sites (tertiary alicyclic amines) is 1. The molecule has 0 bridgehead atoms. The van der Waals surface area contributed by atoms with Crippen molar-refractivity contribution in [2.75, 3.05) is 20.1 Å². The van der Waals surface area contributed by atoms with E-state index in [0.717, 1.165) is 31.5 Å². The van der Waals surface area contributed by atoms with Gasteiger partial charge in [-0.15, -0.1) is 12.4 Å². The highest BCUT2D eigenvalue weighted by Crippen LogP contribution is 2.30. The Kier molecular flexibility index (Phi) is 7.55. The Morgan fingerprint density at radius 2 is 2.12 bits per heavy atom. The van der Waals surface area contributed by atoms with Gasteiger partial charge in [0, 0.05) is 25.0 Å². The van der Waals surface area contributed by atoms with E-state index in [-0.39, 0.29) is 24.2 Å². The van der Waals surface area contributed by atoms with Crippen molar-refractivity contribution in [1.29, 1.82) is 0 Å². The average Bonchev–Trinajstić information content (AvgIpc) is 2.53. The van der Waals surface area contributed by atoms with Crippen LogP contribution in [0.3, 0.4) is 0 Å². The Balaban J connectivity index is 0.00000288. The van der Waals surface area contributed by atoms with Crippen LogP contribution in [0.1, 0.15) is 30.9 Å². The van der Waals surface area contributed by atoms with Crippen LogP contribution < -0.4 is 5.32 Å². The smallest absolute Gasteiger partial charge is 0.341 e. The highest BCUT2D eigenvalue weighted by molar-refractivity contribution is 5.85. The van der Waals surface area contributed by atoms with E-state index in [1.807, 2.05) is 11.9 Å². The quantitative estimate of drug-likeness (QED) is 0.886. The van der Waals surface area contributed by atoms with Crippen molar-refractivity contribution >= 4 is 18.3 Å². The van der Waals surface area contributed by atoms with E-state index in [2.05, 4.69) is 5.32 Å². The lowest BCUT2D eigenvalue weighted by molar-refractivity contribution is -0.137. The highest BCUT2D eigenvalue weighted by Gasteiger charge is 2.31. The third-order valence-corrected chi connectivity index (χ3v) is 4.36. The minimum atomic E-state index is -4.35. The third kappa shape index (κ3) is 5.38. The fraction of sp³-hybridized carbons (Fsp3) is 0.588. The van der Waals surface area contributed by atoms with Gasteiger partial charge in [0.2, 0.25) is 5.91 Å². The van der Waals surface area contributed by atoms with Gasteiger partial charge < -0.3 is 10.2 Å². The van der Waals surface area contributed by atoms with Crippen LogP contribution in [0.15, 0.2) is 24.3 Å². The Morgan fingerprint density at radius 1 is 1.42 bits per heavy atom. The van der Waals surface area contributed by atoms with Crippen molar-refractivity contribution in [1.82, 2.24) is 10.2 Å². The fourth-order valence-electron chi connectivity index (χ4n) is 3.04. The second kappa shape index (κ2) is 8.72. The Morgan fingerprint density at radius 3 is 2.75 bits per heavy atom. The van der Waals surface area contributed by atoms with Gasteiger partial charge in [-0.05, 0) is 37.9 Å². The number of nitrogens with zero attached hydrogens (tertiary/aromatic N) is 1. The van der Waals surface area contributed by atoms with Crippen LogP contribution in [0.4, 0.5) is 13.2 Å². The van der Waals surface area contributed by atoms with Crippen molar-refractivity contribution in [3.63, 3.8) is 0 Å². The van der Waals surface area contributed by atoms with Gasteiger partial charge in [0.05, 0.1) is 5.56 Å². The number of piperidine rings is 1. The second-order valence-electron chi connectivity index (χ2n) is 6.22. The van der Waals surface area contributed by atoms with Crippen LogP contribution in [0.2, 0.25) is 0 Å². The molecule has 2 atom stereocenters. The van der Waals surface area contributed by atoms with Gasteiger partial charge in [-0.1, -0.05) is 25.1 Å². The number of nitrogens with one attached hydrogen (secondary N) is 1. The van der Waals surface area contributed by atoms with Crippen LogP contribution in [0.5, 0.6) is 0 Å². The molecule has 1 N–H and O–H groups in total. The molecule has 1 heterocycles. The number of hydrogen-bond acceptors (Lipinski definition) is 2. The Hall–Kier alpha value is -1.27. The molecule has 1 saturated heterocycles. The number of halogens is 4. The molecule has 1 aliphatic heterocycles. The number of carbonyl (C=O) groups excluding carboxylic acids is 1. The van der Waals surface area contributed by atoms with E-state index in [4.69, 9.17) is 0 Å². The monoisotopic (exact) mass is 364 g/mol. The topological polar surface area (TPSA) is 32.3 Å². The first-order valence-electron chi connectivity index (χ1n) is 7.93. The Bertz CT molecular complexity index is 551. The predicted molar refractivity (Wildman–Crippen MR) is 90.2 cm³/mol. The molecule has 7 heteroatoms. The minimum Gasteiger partial charge on any atom is -0.341 e. The van der Waals surface area contributed by atoms with E-state index in [9.17, 15) is 18.0 Å². The maximum Gasteiger partial charge on any atom is 0.416 e. The number of likely N-dealkylation sites (N-methyl/N-ethyl adjacent to an activating group) is 1. The molecule has 1 aromatic carbocycles. The molecular formula is C17H24ClF3N2O. The first-order valence-corrected chi connectivity index (χ1v) is 7.93. The van der Waals surface area contributed by atoms with Gasteiger partial charge in [-0.25, -0.2) is 0 Å². The Labute approximate surface area is 147 Å². The van der Waals surface area contributed by atoms with Crippen LogP contribution in [0, 0.1) is 5.92 Å². The molecule has 0 aromatic heterocycles. The van der Waals surface area contributed by atoms with Crippen molar-refractivity contribution in [2.45, 2.75) is 38.4 Å². The van der Waals surface area contributed by atoms with E-state index in [0.29, 0.717) is 24.6 Å².